The van der Waals surface area contributed by atoms with Gasteiger partial charge in [0.2, 0.25) is 12.2 Å². The van der Waals surface area contributed by atoms with Crippen LogP contribution < -0.4 is 15.7 Å². The quantitative estimate of drug-likeness (QED) is 0.215. The van der Waals surface area contributed by atoms with Crippen molar-refractivity contribution in [3.8, 4) is 5.75 Å². The number of rotatable bonds is 6. The summed E-state index contributed by atoms with van der Waals surface area (Å²) in [5.74, 6) is -0.416. The first-order valence-electron chi connectivity index (χ1n) is 9.06. The minimum Gasteiger partial charge on any atom is -0.462 e. The van der Waals surface area contributed by atoms with Crippen LogP contribution in [0.2, 0.25) is 0 Å². The van der Waals surface area contributed by atoms with E-state index in [2.05, 4.69) is 9.50 Å². The second kappa shape index (κ2) is 11.0. The van der Waals surface area contributed by atoms with Crippen LogP contribution in [0.25, 0.3) is 11.0 Å². The molecule has 2 heterocycles. The Bertz CT molecular complexity index is 1140. The predicted molar refractivity (Wildman–Crippen MR) is 109 cm³/mol. The molecule has 1 saturated heterocycles. The number of nitrogens with one attached hydrogen (secondary N) is 1. The standard InChI is InChI=1S/C18H21NO11S.K/c1-8-5-14(21)29-12-6-10(3-4-11(8)12)28-18-15(19-9(2)20)17(23)16(22)13(30-18)7-27-31(24,25)26;/h3-6,13,15-18,22-23H,7H2,1-2H3,(H,19,20)(H,24,25,26);/t13-,15-,16+,17-,18-;/m1./s1. The van der Waals surface area contributed by atoms with Gasteiger partial charge in [-0.2, -0.15) is 8.42 Å². The third kappa shape index (κ3) is 6.80. The topological polar surface area (TPSA) is 182 Å². The first kappa shape index (κ1) is 27.3. The number of hydrogen-bond acceptors (Lipinski definition) is 10. The van der Waals surface area contributed by atoms with E-state index >= 15 is 0 Å². The van der Waals surface area contributed by atoms with Gasteiger partial charge in [0.15, 0.2) is 0 Å². The zero-order valence-electron chi connectivity index (χ0n) is 17.4. The molecular formula is C18H21KNO11S. The Hall–Kier alpha value is -0.914. The van der Waals surface area contributed by atoms with Gasteiger partial charge in [0.1, 0.15) is 35.7 Å². The fraction of sp³-hybridized carbons (Fsp3) is 0.444. The van der Waals surface area contributed by atoms with E-state index in [9.17, 15) is 28.2 Å². The molecule has 14 heteroatoms. The van der Waals surface area contributed by atoms with Gasteiger partial charge in [-0.1, -0.05) is 0 Å². The van der Waals surface area contributed by atoms with Gasteiger partial charge in [-0.05, 0) is 24.6 Å². The Kier molecular flexibility index (Phi) is 9.40. The maximum Gasteiger partial charge on any atom is 0.397 e. The van der Waals surface area contributed by atoms with Crippen molar-refractivity contribution in [2.24, 2.45) is 0 Å². The average Bonchev–Trinajstić information content (AvgIpc) is 2.65. The molecule has 12 nitrogen and oxygen atoms in total. The van der Waals surface area contributed by atoms with Crippen molar-refractivity contribution in [2.45, 2.75) is 44.5 Å². The van der Waals surface area contributed by atoms with E-state index in [0.717, 1.165) is 0 Å². The molecule has 2 aromatic rings. The molecule has 1 fully saturated rings. The molecule has 0 saturated carbocycles. The van der Waals surface area contributed by atoms with Crippen LogP contribution in [0.3, 0.4) is 0 Å². The second-order valence-electron chi connectivity index (χ2n) is 6.99. The first-order chi connectivity index (χ1) is 14.4. The Labute approximate surface area is 225 Å². The van der Waals surface area contributed by atoms with Crippen molar-refractivity contribution in [2.75, 3.05) is 6.61 Å². The van der Waals surface area contributed by atoms with Crippen LogP contribution >= 0.6 is 0 Å². The van der Waals surface area contributed by atoms with E-state index in [1.807, 2.05) is 0 Å². The van der Waals surface area contributed by atoms with Crippen molar-refractivity contribution in [1.82, 2.24) is 5.32 Å². The van der Waals surface area contributed by atoms with E-state index < -0.39 is 59.2 Å². The Morgan fingerprint density at radius 3 is 2.53 bits per heavy atom. The van der Waals surface area contributed by atoms with Crippen molar-refractivity contribution < 1.29 is 46.1 Å². The van der Waals surface area contributed by atoms with Crippen LogP contribution in [-0.4, -0.2) is 118 Å². The molecule has 171 valence electrons. The summed E-state index contributed by atoms with van der Waals surface area (Å²) >= 11 is 0. The molecule has 1 aliphatic rings. The molecule has 0 bridgehead atoms. The second-order valence-corrected chi connectivity index (χ2v) is 8.08. The summed E-state index contributed by atoms with van der Waals surface area (Å²) in [5.41, 5.74) is 0.346. The number of aliphatic hydroxyl groups is 2. The van der Waals surface area contributed by atoms with Gasteiger partial charge in [0.25, 0.3) is 0 Å². The van der Waals surface area contributed by atoms with Crippen LogP contribution in [0.15, 0.2) is 33.5 Å². The molecule has 5 atom stereocenters. The molecular weight excluding hydrogens is 477 g/mol. The monoisotopic (exact) mass is 498 g/mol. The summed E-state index contributed by atoms with van der Waals surface area (Å²) in [6.45, 7) is 2.08. The molecule has 1 radical (unpaired) electrons. The third-order valence-corrected chi connectivity index (χ3v) is 5.06. The van der Waals surface area contributed by atoms with Crippen LogP contribution in [0, 0.1) is 6.92 Å². The third-order valence-electron chi connectivity index (χ3n) is 4.63. The molecule has 4 N–H and O–H groups in total. The van der Waals surface area contributed by atoms with Crippen molar-refractivity contribution in [1.29, 1.82) is 0 Å². The summed E-state index contributed by atoms with van der Waals surface area (Å²) in [5, 5.41) is 23.7. The Morgan fingerprint density at radius 2 is 1.91 bits per heavy atom. The molecule has 0 aliphatic carbocycles. The van der Waals surface area contributed by atoms with Gasteiger partial charge in [-0.3, -0.25) is 9.35 Å². The molecule has 3 rings (SSSR count). The maximum absolute atomic E-state index is 11.6. The summed E-state index contributed by atoms with van der Waals surface area (Å²) in [6, 6.07) is 4.65. The number of benzene rings is 1. The van der Waals surface area contributed by atoms with Gasteiger partial charge < -0.3 is 29.4 Å². The molecule has 0 unspecified atom stereocenters. The van der Waals surface area contributed by atoms with Crippen molar-refractivity contribution in [3.63, 3.8) is 0 Å². The SMILES string of the molecule is CC(=O)N[C@H]1[C@H](Oc2ccc3c(C)cc(=O)oc3c2)O[C@H](COS(=O)(=O)O)[C@H](O)[C@@H]1O.[K]. The smallest absolute Gasteiger partial charge is 0.397 e. The van der Waals surface area contributed by atoms with E-state index in [0.29, 0.717) is 10.9 Å². The minimum atomic E-state index is -4.83. The van der Waals surface area contributed by atoms with E-state index in [1.54, 1.807) is 13.0 Å². The fourth-order valence-electron chi connectivity index (χ4n) is 3.22. The van der Waals surface area contributed by atoms with Crippen molar-refractivity contribution in [3.05, 3.63) is 40.2 Å². The van der Waals surface area contributed by atoms with Gasteiger partial charge in [0, 0.05) is 75.8 Å². The van der Waals surface area contributed by atoms with E-state index in [-0.39, 0.29) is 62.7 Å². The van der Waals surface area contributed by atoms with Crippen molar-refractivity contribution >= 4 is 78.7 Å². The summed E-state index contributed by atoms with van der Waals surface area (Å²) in [4.78, 5) is 23.2. The number of carbonyl (C=O) groups excluding carboxylic acids is 1. The number of aryl methyl sites for hydroxylation is 1. The average molecular weight is 499 g/mol. The molecule has 1 amide bonds. The van der Waals surface area contributed by atoms with Crippen LogP contribution in [-0.2, 0) is 24.1 Å². The zero-order valence-corrected chi connectivity index (χ0v) is 21.4. The normalized spacial score (nSPS) is 25.7. The first-order valence-corrected chi connectivity index (χ1v) is 10.4. The van der Waals surface area contributed by atoms with E-state index in [1.165, 1.54) is 25.1 Å². The summed E-state index contributed by atoms with van der Waals surface area (Å²) in [7, 11) is -4.83. The van der Waals surface area contributed by atoms with Gasteiger partial charge in [-0.25, -0.2) is 8.98 Å². The molecule has 1 aliphatic heterocycles. The van der Waals surface area contributed by atoms with Gasteiger partial charge in [0.05, 0.1) is 6.61 Å². The number of fused-ring (bicyclic) bond motifs is 1. The van der Waals surface area contributed by atoms with E-state index in [4.69, 9.17) is 18.4 Å². The Balaban J connectivity index is 0.00000363. The fourth-order valence-corrected chi connectivity index (χ4v) is 3.53. The summed E-state index contributed by atoms with van der Waals surface area (Å²) in [6.07, 6.45) is -6.12. The number of hydrogen-bond donors (Lipinski definition) is 4. The molecule has 32 heavy (non-hydrogen) atoms. The minimum absolute atomic E-state index is 0. The van der Waals surface area contributed by atoms with Gasteiger partial charge >= 0.3 is 16.0 Å². The molecule has 0 spiro atoms. The largest absolute Gasteiger partial charge is 0.462 e. The number of amides is 1. The number of carbonyl (C=O) groups is 1. The predicted octanol–water partition coefficient (Wildman–Crippen LogP) is -1.13. The van der Waals surface area contributed by atoms with Crippen LogP contribution in [0.5, 0.6) is 5.75 Å². The summed E-state index contributed by atoms with van der Waals surface area (Å²) < 4.78 is 51.0. The van der Waals surface area contributed by atoms with Gasteiger partial charge in [-0.15, -0.1) is 0 Å². The zero-order chi connectivity index (χ0) is 22.9. The maximum atomic E-state index is 11.6. The Morgan fingerprint density at radius 1 is 1.22 bits per heavy atom. The number of ether oxygens (including phenoxy) is 2. The molecule has 1 aromatic heterocycles. The van der Waals surface area contributed by atoms with Crippen LogP contribution in [0.4, 0.5) is 0 Å². The molecule has 1 aromatic carbocycles. The van der Waals surface area contributed by atoms with Crippen LogP contribution in [0.1, 0.15) is 12.5 Å². The number of aliphatic hydroxyl groups excluding tert-OH is 2.